The van der Waals surface area contributed by atoms with E-state index >= 15 is 0 Å². The summed E-state index contributed by atoms with van der Waals surface area (Å²) >= 11 is 5.80. The summed E-state index contributed by atoms with van der Waals surface area (Å²) < 4.78 is 13.2. The second-order valence-electron chi connectivity index (χ2n) is 5.77. The molecule has 1 saturated heterocycles. The molecule has 0 bridgehead atoms. The van der Waals surface area contributed by atoms with Crippen molar-refractivity contribution in [3.8, 4) is 0 Å². The van der Waals surface area contributed by atoms with Crippen molar-refractivity contribution in [1.82, 2.24) is 15.5 Å². The number of benzene rings is 1. The number of nitrogens with one attached hydrogen (secondary N) is 2. The Balaban J connectivity index is 0.00000312. The van der Waals surface area contributed by atoms with Crippen molar-refractivity contribution >= 4 is 47.4 Å². The van der Waals surface area contributed by atoms with Gasteiger partial charge in [0.05, 0.1) is 11.6 Å². The average molecular weight is 483 g/mol. The van der Waals surface area contributed by atoms with Crippen LogP contribution in [0.15, 0.2) is 23.2 Å². The summed E-state index contributed by atoms with van der Waals surface area (Å²) in [5.74, 6) is 0.442. The van der Waals surface area contributed by atoms with Crippen LogP contribution in [0.2, 0.25) is 5.02 Å². The monoisotopic (exact) mass is 482 g/mol. The van der Waals surface area contributed by atoms with Crippen LogP contribution in [0.3, 0.4) is 0 Å². The number of guanidine groups is 1. The number of rotatable bonds is 5. The summed E-state index contributed by atoms with van der Waals surface area (Å²) in [6.45, 7) is 6.48. The number of carbonyl (C=O) groups excluding carboxylic acids is 1. The highest BCUT2D eigenvalue weighted by Crippen LogP contribution is 2.16. The normalized spacial score (nSPS) is 17.2. The van der Waals surface area contributed by atoms with E-state index in [1.165, 1.54) is 6.07 Å². The molecule has 25 heavy (non-hydrogen) atoms. The highest BCUT2D eigenvalue weighted by atomic mass is 127. The Bertz CT molecular complexity index is 614. The minimum atomic E-state index is -0.430. The number of amides is 1. The van der Waals surface area contributed by atoms with Crippen LogP contribution in [0, 0.1) is 5.82 Å². The van der Waals surface area contributed by atoms with Crippen molar-refractivity contribution in [2.75, 3.05) is 19.6 Å². The maximum Gasteiger partial charge on any atom is 0.222 e. The molecule has 0 radical (unpaired) electrons. The van der Waals surface area contributed by atoms with Gasteiger partial charge in [0.1, 0.15) is 5.82 Å². The minimum absolute atomic E-state index is 0. The smallest absolute Gasteiger partial charge is 0.222 e. The van der Waals surface area contributed by atoms with Crippen molar-refractivity contribution in [1.29, 1.82) is 0 Å². The van der Waals surface area contributed by atoms with E-state index in [9.17, 15) is 9.18 Å². The predicted octanol–water partition coefficient (Wildman–Crippen LogP) is 3.16. The van der Waals surface area contributed by atoms with Gasteiger partial charge in [-0.1, -0.05) is 24.6 Å². The van der Waals surface area contributed by atoms with Crippen LogP contribution >= 0.6 is 35.6 Å². The van der Waals surface area contributed by atoms with Crippen molar-refractivity contribution in [2.24, 2.45) is 4.99 Å². The molecule has 5 nitrogen and oxygen atoms in total. The zero-order chi connectivity index (χ0) is 17.5. The Morgan fingerprint density at radius 2 is 2.20 bits per heavy atom. The second kappa shape index (κ2) is 10.8. The maximum atomic E-state index is 13.2. The maximum absolute atomic E-state index is 13.2. The molecule has 0 spiro atoms. The molecule has 1 aromatic carbocycles. The predicted molar refractivity (Wildman–Crippen MR) is 110 cm³/mol. The highest BCUT2D eigenvalue weighted by molar-refractivity contribution is 14.0. The first kappa shape index (κ1) is 22.0. The first-order chi connectivity index (χ1) is 11.5. The minimum Gasteiger partial charge on any atom is -0.357 e. The molecule has 2 N–H and O–H groups in total. The molecule has 1 atom stereocenters. The molecule has 140 valence electrons. The Kier molecular flexibility index (Phi) is 9.48. The van der Waals surface area contributed by atoms with E-state index < -0.39 is 5.82 Å². The summed E-state index contributed by atoms with van der Waals surface area (Å²) in [6.07, 6.45) is 1.44. The van der Waals surface area contributed by atoms with Gasteiger partial charge in [-0.25, -0.2) is 9.38 Å². The fourth-order valence-corrected chi connectivity index (χ4v) is 2.85. The van der Waals surface area contributed by atoms with E-state index in [0.29, 0.717) is 25.5 Å². The summed E-state index contributed by atoms with van der Waals surface area (Å²) in [6, 6.07) is 4.79. The van der Waals surface area contributed by atoms with E-state index in [-0.39, 0.29) is 40.9 Å². The van der Waals surface area contributed by atoms with Gasteiger partial charge in [-0.15, -0.1) is 24.0 Å². The van der Waals surface area contributed by atoms with Gasteiger partial charge in [0.15, 0.2) is 5.96 Å². The van der Waals surface area contributed by atoms with Crippen LogP contribution in [0.25, 0.3) is 0 Å². The standard InChI is InChI=1S/C17H24ClFN4O.HI/c1-3-16(24)23-8-7-13(11-23)22-17(20-4-2)21-10-12-5-6-15(19)14(18)9-12;/h5-6,9,13H,3-4,7-8,10-11H2,1-2H3,(H2,20,21,22);1H. The molecule has 0 aromatic heterocycles. The zero-order valence-corrected chi connectivity index (χ0v) is 17.6. The lowest BCUT2D eigenvalue weighted by Gasteiger charge is -2.18. The van der Waals surface area contributed by atoms with Gasteiger partial charge in [0, 0.05) is 32.1 Å². The number of halogens is 3. The van der Waals surface area contributed by atoms with Crippen molar-refractivity contribution < 1.29 is 9.18 Å². The lowest BCUT2D eigenvalue weighted by Crippen LogP contribution is -2.45. The first-order valence-electron chi connectivity index (χ1n) is 8.30. The first-order valence-corrected chi connectivity index (χ1v) is 8.67. The molecule has 2 rings (SSSR count). The third kappa shape index (κ3) is 6.62. The molecule has 0 saturated carbocycles. The van der Waals surface area contributed by atoms with Crippen LogP contribution in [-0.4, -0.2) is 42.4 Å². The molecule has 1 heterocycles. The summed E-state index contributed by atoms with van der Waals surface area (Å²) in [5.41, 5.74) is 0.841. The van der Waals surface area contributed by atoms with E-state index in [4.69, 9.17) is 11.6 Å². The highest BCUT2D eigenvalue weighted by Gasteiger charge is 2.25. The molecular weight excluding hydrogens is 458 g/mol. The molecule has 1 aromatic rings. The summed E-state index contributed by atoms with van der Waals surface area (Å²) in [7, 11) is 0. The van der Waals surface area contributed by atoms with Gasteiger partial charge in [-0.05, 0) is 31.0 Å². The number of hydrogen-bond donors (Lipinski definition) is 2. The van der Waals surface area contributed by atoms with Gasteiger partial charge in [-0.3, -0.25) is 4.79 Å². The van der Waals surface area contributed by atoms with E-state index in [1.54, 1.807) is 12.1 Å². The fourth-order valence-electron chi connectivity index (χ4n) is 2.65. The van der Waals surface area contributed by atoms with E-state index in [1.807, 2.05) is 18.7 Å². The molecule has 1 aliphatic heterocycles. The molecule has 1 fully saturated rings. The van der Waals surface area contributed by atoms with Crippen molar-refractivity contribution in [2.45, 2.75) is 39.3 Å². The SMILES string of the molecule is CCNC(=NCc1ccc(F)c(Cl)c1)NC1CCN(C(=O)CC)C1.I. The number of carbonyl (C=O) groups is 1. The average Bonchev–Trinajstić information content (AvgIpc) is 3.03. The van der Waals surface area contributed by atoms with Crippen LogP contribution in [0.1, 0.15) is 32.3 Å². The Morgan fingerprint density at radius 1 is 1.44 bits per heavy atom. The Hall–Kier alpha value is -1.09. The largest absolute Gasteiger partial charge is 0.357 e. The number of nitrogens with zero attached hydrogens (tertiary/aromatic N) is 2. The van der Waals surface area contributed by atoms with Crippen molar-refractivity contribution in [3.05, 3.63) is 34.6 Å². The number of likely N-dealkylation sites (tertiary alicyclic amines) is 1. The molecule has 8 heteroatoms. The Labute approximate surface area is 170 Å². The van der Waals surface area contributed by atoms with Gasteiger partial charge < -0.3 is 15.5 Å². The number of hydrogen-bond acceptors (Lipinski definition) is 2. The van der Waals surface area contributed by atoms with E-state index in [2.05, 4.69) is 15.6 Å². The third-order valence-corrected chi connectivity index (χ3v) is 4.22. The zero-order valence-electron chi connectivity index (χ0n) is 14.5. The van der Waals surface area contributed by atoms with Gasteiger partial charge in [-0.2, -0.15) is 0 Å². The molecule has 1 unspecified atom stereocenters. The fraction of sp³-hybridized carbons (Fsp3) is 0.529. The van der Waals surface area contributed by atoms with Crippen molar-refractivity contribution in [3.63, 3.8) is 0 Å². The van der Waals surface area contributed by atoms with Crippen LogP contribution in [-0.2, 0) is 11.3 Å². The van der Waals surface area contributed by atoms with Gasteiger partial charge >= 0.3 is 0 Å². The van der Waals surface area contributed by atoms with Gasteiger partial charge in [0.25, 0.3) is 0 Å². The van der Waals surface area contributed by atoms with Gasteiger partial charge in [0.2, 0.25) is 5.91 Å². The Morgan fingerprint density at radius 3 is 2.84 bits per heavy atom. The quantitative estimate of drug-likeness (QED) is 0.385. The molecule has 1 amide bonds. The second-order valence-corrected chi connectivity index (χ2v) is 6.17. The molecule has 0 aliphatic carbocycles. The summed E-state index contributed by atoms with van der Waals surface area (Å²) in [5, 5.41) is 6.65. The molecular formula is C17H25ClFIN4O. The van der Waals surface area contributed by atoms with E-state index in [0.717, 1.165) is 25.1 Å². The lowest BCUT2D eigenvalue weighted by molar-refractivity contribution is -0.129. The topological polar surface area (TPSA) is 56.7 Å². The van der Waals surface area contributed by atoms with Crippen LogP contribution in [0.5, 0.6) is 0 Å². The lowest BCUT2D eigenvalue weighted by atomic mass is 10.2. The van der Waals surface area contributed by atoms with Crippen LogP contribution < -0.4 is 10.6 Å². The summed E-state index contributed by atoms with van der Waals surface area (Å²) in [4.78, 5) is 18.1. The third-order valence-electron chi connectivity index (χ3n) is 3.93. The number of aliphatic imine (C=N–C) groups is 1. The van der Waals surface area contributed by atoms with Crippen LogP contribution in [0.4, 0.5) is 4.39 Å². The molecule has 1 aliphatic rings.